The largest absolute Gasteiger partial charge is 0.507 e. The minimum atomic E-state index is -0.998. The fourth-order valence-corrected chi connectivity index (χ4v) is 5.44. The Balaban J connectivity index is 1.74. The smallest absolute Gasteiger partial charge is 0.301 e. The van der Waals surface area contributed by atoms with Gasteiger partial charge in [-0.1, -0.05) is 58.8 Å². The molecular formula is C27H21ClN2O5S. The molecule has 0 bridgehead atoms. The van der Waals surface area contributed by atoms with Crippen LogP contribution in [0.3, 0.4) is 0 Å². The number of thiazole rings is 1. The number of carbonyl (C=O) groups excluding carboxylic acids is 2. The van der Waals surface area contributed by atoms with E-state index >= 15 is 0 Å². The van der Waals surface area contributed by atoms with Crippen LogP contribution in [0, 0.1) is 6.92 Å². The number of hydrogen-bond donors (Lipinski definition) is 2. The van der Waals surface area contributed by atoms with E-state index in [-0.39, 0.29) is 28.0 Å². The summed E-state index contributed by atoms with van der Waals surface area (Å²) in [6.07, 6.45) is 0. The maximum atomic E-state index is 13.4. The van der Waals surface area contributed by atoms with Crippen LogP contribution in [0.15, 0.2) is 66.2 Å². The number of carbonyl (C=O) groups is 2. The van der Waals surface area contributed by atoms with E-state index in [0.717, 1.165) is 10.3 Å². The number of rotatable bonds is 5. The highest BCUT2D eigenvalue weighted by Gasteiger charge is 2.48. The first-order valence-electron chi connectivity index (χ1n) is 11.2. The lowest BCUT2D eigenvalue weighted by atomic mass is 9.95. The van der Waals surface area contributed by atoms with E-state index in [9.17, 15) is 19.8 Å². The number of ketones is 1. The lowest BCUT2D eigenvalue weighted by molar-refractivity contribution is -0.132. The number of halogens is 1. The van der Waals surface area contributed by atoms with Gasteiger partial charge in [0.25, 0.3) is 5.78 Å². The second kappa shape index (κ2) is 9.29. The summed E-state index contributed by atoms with van der Waals surface area (Å²) in [4.78, 5) is 32.6. The molecule has 0 spiro atoms. The number of hydrogen-bond acceptors (Lipinski definition) is 7. The molecule has 182 valence electrons. The molecular weight excluding hydrogens is 500 g/mol. The van der Waals surface area contributed by atoms with E-state index in [0.29, 0.717) is 28.3 Å². The van der Waals surface area contributed by atoms with Crippen LogP contribution >= 0.6 is 22.9 Å². The van der Waals surface area contributed by atoms with Crippen molar-refractivity contribution in [1.29, 1.82) is 0 Å². The Morgan fingerprint density at radius 2 is 1.86 bits per heavy atom. The van der Waals surface area contributed by atoms with Crippen molar-refractivity contribution >= 4 is 55.7 Å². The number of aromatic hydroxyl groups is 1. The molecule has 36 heavy (non-hydrogen) atoms. The van der Waals surface area contributed by atoms with Gasteiger partial charge in [-0.3, -0.25) is 14.5 Å². The van der Waals surface area contributed by atoms with Crippen LogP contribution in [0.1, 0.15) is 29.7 Å². The predicted molar refractivity (Wildman–Crippen MR) is 140 cm³/mol. The summed E-state index contributed by atoms with van der Waals surface area (Å²) in [7, 11) is 0. The van der Waals surface area contributed by atoms with Gasteiger partial charge >= 0.3 is 5.91 Å². The number of aryl methyl sites for hydroxylation is 1. The topological polar surface area (TPSA) is 100.0 Å². The third kappa shape index (κ3) is 4.08. The zero-order valence-electron chi connectivity index (χ0n) is 19.4. The van der Waals surface area contributed by atoms with Gasteiger partial charge in [0.1, 0.15) is 5.76 Å². The summed E-state index contributed by atoms with van der Waals surface area (Å²) >= 11 is 7.35. The molecule has 1 aromatic heterocycles. The number of aromatic nitrogens is 1. The van der Waals surface area contributed by atoms with Crippen LogP contribution in [-0.4, -0.2) is 33.5 Å². The SMILES string of the molecule is CCOc1cc(C2/C(=C(\O)c3ccc(C)cc3)C(=O)C(=O)N2c2nc3ccc(Cl)cc3s2)ccc1O. The molecule has 1 saturated heterocycles. The molecule has 1 atom stereocenters. The average Bonchev–Trinajstić information content (AvgIpc) is 3.38. The highest BCUT2D eigenvalue weighted by atomic mass is 35.5. The summed E-state index contributed by atoms with van der Waals surface area (Å²) < 4.78 is 6.29. The molecule has 1 unspecified atom stereocenters. The Bertz CT molecular complexity index is 1540. The first-order valence-corrected chi connectivity index (χ1v) is 12.4. The van der Waals surface area contributed by atoms with Crippen molar-refractivity contribution in [3.63, 3.8) is 0 Å². The van der Waals surface area contributed by atoms with Crippen molar-refractivity contribution in [2.75, 3.05) is 11.5 Å². The standard InChI is InChI=1S/C27H21ClN2O5S/c1-3-35-20-12-16(8-11-19(20)31)23-22(24(32)15-6-4-14(2)5-7-15)25(33)26(34)30(23)27-29-18-10-9-17(28)13-21(18)36-27/h4-13,23,31-32H,3H2,1-2H3/b24-22+. The Labute approximate surface area is 215 Å². The molecule has 0 aliphatic carbocycles. The highest BCUT2D eigenvalue weighted by molar-refractivity contribution is 7.22. The second-order valence-electron chi connectivity index (χ2n) is 8.30. The number of phenolic OH excluding ortho intramolecular Hbond substituents is 1. The molecule has 0 radical (unpaired) electrons. The summed E-state index contributed by atoms with van der Waals surface area (Å²) in [5, 5.41) is 22.3. The molecule has 3 aromatic carbocycles. The number of amides is 1. The number of aliphatic hydroxyl groups excluding tert-OH is 1. The number of anilines is 1. The zero-order valence-corrected chi connectivity index (χ0v) is 20.9. The predicted octanol–water partition coefficient (Wildman–Crippen LogP) is 5.99. The molecule has 1 amide bonds. The monoisotopic (exact) mass is 520 g/mol. The lowest BCUT2D eigenvalue weighted by Crippen LogP contribution is -2.29. The number of phenols is 1. The first kappa shape index (κ1) is 23.8. The molecule has 4 aromatic rings. The van der Waals surface area contributed by atoms with Crippen LogP contribution in [-0.2, 0) is 9.59 Å². The quantitative estimate of drug-likeness (QED) is 0.190. The summed E-state index contributed by atoms with van der Waals surface area (Å²) in [6.45, 7) is 3.99. The number of benzene rings is 3. The van der Waals surface area contributed by atoms with Crippen LogP contribution in [0.4, 0.5) is 5.13 Å². The zero-order chi connectivity index (χ0) is 25.6. The maximum Gasteiger partial charge on any atom is 0.301 e. The normalized spacial score (nSPS) is 17.2. The van der Waals surface area contributed by atoms with E-state index in [1.54, 1.807) is 49.4 Å². The highest BCUT2D eigenvalue weighted by Crippen LogP contribution is 2.46. The van der Waals surface area contributed by atoms with Crippen molar-refractivity contribution < 1.29 is 24.5 Å². The van der Waals surface area contributed by atoms with E-state index in [2.05, 4.69) is 4.98 Å². The van der Waals surface area contributed by atoms with Crippen molar-refractivity contribution in [1.82, 2.24) is 4.98 Å². The maximum absolute atomic E-state index is 13.4. The molecule has 9 heteroatoms. The Morgan fingerprint density at radius 1 is 1.11 bits per heavy atom. The first-order chi connectivity index (χ1) is 17.3. The molecule has 1 fully saturated rings. The van der Waals surface area contributed by atoms with Gasteiger partial charge in [-0.15, -0.1) is 0 Å². The van der Waals surface area contributed by atoms with Crippen LogP contribution in [0.5, 0.6) is 11.5 Å². The summed E-state index contributed by atoms with van der Waals surface area (Å²) in [5.74, 6) is -1.82. The molecule has 1 aliphatic heterocycles. The lowest BCUT2D eigenvalue weighted by Gasteiger charge is -2.23. The molecule has 7 nitrogen and oxygen atoms in total. The second-order valence-corrected chi connectivity index (χ2v) is 9.75. The van der Waals surface area contributed by atoms with Gasteiger partial charge in [0.2, 0.25) is 0 Å². The Morgan fingerprint density at radius 3 is 2.58 bits per heavy atom. The molecule has 1 aliphatic rings. The van der Waals surface area contributed by atoms with Gasteiger partial charge in [0.05, 0.1) is 28.4 Å². The number of ether oxygens (including phenoxy) is 1. The third-order valence-corrected chi connectivity index (χ3v) is 7.17. The fraction of sp³-hybridized carbons (Fsp3) is 0.148. The number of aliphatic hydroxyl groups is 1. The van der Waals surface area contributed by atoms with Crippen molar-refractivity contribution in [3.8, 4) is 11.5 Å². The average molecular weight is 521 g/mol. The number of Topliss-reactive ketones (excluding diaryl/α,β-unsaturated/α-hetero) is 1. The van der Waals surface area contributed by atoms with E-state index in [4.69, 9.17) is 16.3 Å². The van der Waals surface area contributed by atoms with Gasteiger partial charge < -0.3 is 14.9 Å². The number of fused-ring (bicyclic) bond motifs is 1. The van der Waals surface area contributed by atoms with Crippen LogP contribution in [0.25, 0.3) is 16.0 Å². The minimum absolute atomic E-state index is 0.0747. The minimum Gasteiger partial charge on any atom is -0.507 e. The van der Waals surface area contributed by atoms with Gasteiger partial charge in [0.15, 0.2) is 16.6 Å². The fourth-order valence-electron chi connectivity index (χ4n) is 4.17. The van der Waals surface area contributed by atoms with Gasteiger partial charge in [0, 0.05) is 10.6 Å². The van der Waals surface area contributed by atoms with E-state index in [1.165, 1.54) is 22.3 Å². The van der Waals surface area contributed by atoms with Crippen molar-refractivity contribution in [3.05, 3.63) is 87.9 Å². The molecule has 5 rings (SSSR count). The Kier molecular flexibility index (Phi) is 6.15. The molecule has 0 saturated carbocycles. The molecule has 2 heterocycles. The third-order valence-electron chi connectivity index (χ3n) is 5.91. The van der Waals surface area contributed by atoms with Gasteiger partial charge in [-0.05, 0) is 49.7 Å². The van der Waals surface area contributed by atoms with Crippen molar-refractivity contribution in [2.45, 2.75) is 19.9 Å². The molecule has 2 N–H and O–H groups in total. The Hall–Kier alpha value is -3.88. The van der Waals surface area contributed by atoms with Crippen LogP contribution in [0.2, 0.25) is 5.02 Å². The summed E-state index contributed by atoms with van der Waals surface area (Å²) in [6, 6.07) is 15.8. The van der Waals surface area contributed by atoms with E-state index < -0.39 is 17.7 Å². The van der Waals surface area contributed by atoms with Gasteiger partial charge in [-0.2, -0.15) is 0 Å². The van der Waals surface area contributed by atoms with Gasteiger partial charge in [-0.25, -0.2) is 4.98 Å². The van der Waals surface area contributed by atoms with Crippen molar-refractivity contribution in [2.24, 2.45) is 0 Å². The van der Waals surface area contributed by atoms with E-state index in [1.807, 2.05) is 19.1 Å². The van der Waals surface area contributed by atoms with Crippen LogP contribution < -0.4 is 9.64 Å². The number of nitrogens with zero attached hydrogens (tertiary/aromatic N) is 2. The summed E-state index contributed by atoms with van der Waals surface area (Å²) in [5.41, 5.74) is 2.41.